The Bertz CT molecular complexity index is 1160. The molecule has 32 heavy (non-hydrogen) atoms. The Labute approximate surface area is 197 Å². The maximum Gasteiger partial charge on any atom is 0.228 e. The van der Waals surface area contributed by atoms with E-state index < -0.39 is 0 Å². The number of anilines is 1. The van der Waals surface area contributed by atoms with Crippen molar-refractivity contribution in [3.05, 3.63) is 40.4 Å². The van der Waals surface area contributed by atoms with Crippen molar-refractivity contribution in [3.63, 3.8) is 0 Å². The average molecular weight is 470 g/mol. The molecule has 1 amide bonds. The molecule has 5 nitrogen and oxygen atoms in total. The number of Topliss-reactive ketones (excluding diaryl/α,β-unsaturated/α-hetero) is 1. The van der Waals surface area contributed by atoms with E-state index in [-0.39, 0.29) is 17.6 Å². The van der Waals surface area contributed by atoms with Gasteiger partial charge in [-0.15, -0.1) is 0 Å². The van der Waals surface area contributed by atoms with E-state index in [9.17, 15) is 9.59 Å². The lowest BCUT2D eigenvalue weighted by atomic mass is 9.79. The van der Waals surface area contributed by atoms with Crippen LogP contribution < -0.4 is 5.32 Å². The van der Waals surface area contributed by atoms with E-state index in [1.165, 1.54) is 16.4 Å². The fourth-order valence-electron chi connectivity index (χ4n) is 4.62. The van der Waals surface area contributed by atoms with Gasteiger partial charge in [-0.1, -0.05) is 37.9 Å². The molecule has 168 valence electrons. The molecule has 0 bridgehead atoms. The molecule has 0 aliphatic heterocycles. The van der Waals surface area contributed by atoms with Crippen molar-refractivity contribution in [1.82, 2.24) is 9.36 Å². The molecular formula is C25H28ClN3O2S. The largest absolute Gasteiger partial charge is 0.310 e. The molecule has 7 heteroatoms. The van der Waals surface area contributed by atoms with Crippen LogP contribution in [-0.2, 0) is 9.59 Å². The van der Waals surface area contributed by atoms with Crippen LogP contribution in [0.3, 0.4) is 0 Å². The lowest BCUT2D eigenvalue weighted by molar-refractivity contribution is -0.123. The summed E-state index contributed by atoms with van der Waals surface area (Å²) in [6.07, 6.45) is 5.75. The van der Waals surface area contributed by atoms with Crippen LogP contribution in [0.15, 0.2) is 30.5 Å². The predicted molar refractivity (Wildman–Crippen MR) is 131 cm³/mol. The first-order chi connectivity index (χ1) is 15.3. The highest BCUT2D eigenvalue weighted by atomic mass is 35.5. The maximum atomic E-state index is 12.9. The number of carbonyl (C=O) groups excluding carboxylic acids is 2. The van der Waals surface area contributed by atoms with Gasteiger partial charge in [0.05, 0.1) is 10.5 Å². The number of pyridine rings is 1. The van der Waals surface area contributed by atoms with E-state index >= 15 is 0 Å². The number of nitrogens with zero attached hydrogens (tertiary/aromatic N) is 2. The SMILES string of the molecule is CC(=O)C[C@@H]1CCC[C@H](C(=O)Nc2cc(-c3ccc4nsc(C(C)C)c4c3)c(Cl)cn2)C1. The fraction of sp³-hybridized carbons (Fsp3) is 0.440. The molecule has 1 fully saturated rings. The zero-order valence-electron chi connectivity index (χ0n) is 18.7. The number of rotatable bonds is 6. The van der Waals surface area contributed by atoms with Crippen LogP contribution >= 0.6 is 23.1 Å². The number of hydrogen-bond acceptors (Lipinski definition) is 5. The number of benzene rings is 1. The van der Waals surface area contributed by atoms with E-state index in [4.69, 9.17) is 11.6 Å². The molecule has 1 aromatic carbocycles. The van der Waals surface area contributed by atoms with Crippen LogP contribution in [0.1, 0.15) is 63.7 Å². The second kappa shape index (κ2) is 9.67. The quantitative estimate of drug-likeness (QED) is 0.428. The molecule has 2 aromatic heterocycles. The molecule has 2 heterocycles. The Morgan fingerprint density at radius 1 is 1.25 bits per heavy atom. The summed E-state index contributed by atoms with van der Waals surface area (Å²) in [6.45, 7) is 5.95. The summed E-state index contributed by atoms with van der Waals surface area (Å²) in [7, 11) is 0. The normalized spacial score (nSPS) is 18.8. The van der Waals surface area contributed by atoms with Gasteiger partial charge < -0.3 is 10.1 Å². The van der Waals surface area contributed by atoms with Crippen LogP contribution in [0, 0.1) is 11.8 Å². The van der Waals surface area contributed by atoms with Crippen LogP contribution in [0.2, 0.25) is 5.02 Å². The summed E-state index contributed by atoms with van der Waals surface area (Å²) in [5.41, 5.74) is 2.79. The molecule has 4 rings (SSSR count). The summed E-state index contributed by atoms with van der Waals surface area (Å²) in [4.78, 5) is 30.0. The van der Waals surface area contributed by atoms with Crippen molar-refractivity contribution in [2.75, 3.05) is 5.32 Å². The fourth-order valence-corrected chi connectivity index (χ4v) is 5.66. The minimum atomic E-state index is -0.0872. The molecule has 0 radical (unpaired) electrons. The van der Waals surface area contributed by atoms with Crippen molar-refractivity contribution >= 4 is 51.5 Å². The van der Waals surface area contributed by atoms with E-state index in [1.54, 1.807) is 13.1 Å². The highest BCUT2D eigenvalue weighted by molar-refractivity contribution is 7.07. The first kappa shape index (κ1) is 22.9. The monoisotopic (exact) mass is 469 g/mol. The number of halogens is 1. The predicted octanol–water partition coefficient (Wildman–Crippen LogP) is 6.86. The smallest absolute Gasteiger partial charge is 0.228 e. The van der Waals surface area contributed by atoms with Crippen molar-refractivity contribution < 1.29 is 9.59 Å². The molecule has 2 atom stereocenters. The van der Waals surface area contributed by atoms with Crippen LogP contribution in [0.5, 0.6) is 0 Å². The zero-order chi connectivity index (χ0) is 22.8. The molecule has 0 saturated heterocycles. The topological polar surface area (TPSA) is 72.0 Å². The summed E-state index contributed by atoms with van der Waals surface area (Å²) < 4.78 is 4.55. The van der Waals surface area contributed by atoms with Gasteiger partial charge in [-0.25, -0.2) is 4.98 Å². The number of fused-ring (bicyclic) bond motifs is 1. The number of carbonyl (C=O) groups is 2. The standard InChI is InChI=1S/C25H28ClN3O2S/c1-14(2)24-20-11-17(7-8-22(20)29-32-24)19-12-23(27-13-21(19)26)28-25(31)18-6-4-5-16(10-18)9-15(3)30/h7-8,11-14,16,18H,4-6,9-10H2,1-3H3,(H,27,28,31)/t16-,18-/m0/s1. The Balaban J connectivity index is 1.55. The Morgan fingerprint density at radius 2 is 2.06 bits per heavy atom. The highest BCUT2D eigenvalue weighted by Gasteiger charge is 2.28. The lowest BCUT2D eigenvalue weighted by Crippen LogP contribution is -2.29. The molecule has 1 N–H and O–H groups in total. The third kappa shape index (κ3) is 5.02. The number of amides is 1. The molecule has 0 unspecified atom stereocenters. The Hall–Kier alpha value is -2.31. The van der Waals surface area contributed by atoms with Crippen molar-refractivity contribution in [2.24, 2.45) is 11.8 Å². The van der Waals surface area contributed by atoms with Crippen molar-refractivity contribution in [1.29, 1.82) is 0 Å². The van der Waals surface area contributed by atoms with Gasteiger partial charge in [0.2, 0.25) is 5.91 Å². The summed E-state index contributed by atoms with van der Waals surface area (Å²) >= 11 is 8.03. The third-order valence-electron chi connectivity index (χ3n) is 6.18. The number of nitrogens with one attached hydrogen (secondary N) is 1. The van der Waals surface area contributed by atoms with Gasteiger partial charge in [0, 0.05) is 34.4 Å². The zero-order valence-corrected chi connectivity index (χ0v) is 20.2. The maximum absolute atomic E-state index is 12.9. The molecule has 1 aliphatic carbocycles. The minimum absolute atomic E-state index is 0.0291. The molecular weight excluding hydrogens is 442 g/mol. The number of aromatic nitrogens is 2. The minimum Gasteiger partial charge on any atom is -0.310 e. The Kier molecular flexibility index (Phi) is 6.91. The molecule has 1 aliphatic rings. The van der Waals surface area contributed by atoms with Crippen molar-refractivity contribution in [3.8, 4) is 11.1 Å². The molecule has 1 saturated carbocycles. The van der Waals surface area contributed by atoms with Gasteiger partial charge in [0.25, 0.3) is 0 Å². The molecule has 0 spiro atoms. The number of ketones is 1. The van der Waals surface area contributed by atoms with Crippen LogP contribution in [-0.4, -0.2) is 21.0 Å². The van der Waals surface area contributed by atoms with Gasteiger partial charge >= 0.3 is 0 Å². The lowest BCUT2D eigenvalue weighted by Gasteiger charge is -2.27. The van der Waals surface area contributed by atoms with Gasteiger partial charge in [0.1, 0.15) is 11.6 Å². The van der Waals surface area contributed by atoms with Gasteiger partial charge in [-0.3, -0.25) is 4.79 Å². The third-order valence-corrected chi connectivity index (χ3v) is 7.65. The second-order valence-corrected chi connectivity index (χ2v) is 10.3. The van der Waals surface area contributed by atoms with Crippen molar-refractivity contribution in [2.45, 2.75) is 58.8 Å². The Morgan fingerprint density at radius 3 is 2.81 bits per heavy atom. The van der Waals surface area contributed by atoms with E-state index in [2.05, 4.69) is 34.6 Å². The summed E-state index contributed by atoms with van der Waals surface area (Å²) in [6, 6.07) is 7.98. The van der Waals surface area contributed by atoms with Crippen LogP contribution in [0.4, 0.5) is 5.82 Å². The van der Waals surface area contributed by atoms with Gasteiger partial charge in [0.15, 0.2) is 0 Å². The number of hydrogen-bond donors (Lipinski definition) is 1. The van der Waals surface area contributed by atoms with E-state index in [1.807, 2.05) is 18.2 Å². The first-order valence-electron chi connectivity index (χ1n) is 11.2. The first-order valence-corrected chi connectivity index (χ1v) is 12.3. The van der Waals surface area contributed by atoms with E-state index in [0.717, 1.165) is 47.7 Å². The average Bonchev–Trinajstić information content (AvgIpc) is 3.18. The van der Waals surface area contributed by atoms with Gasteiger partial charge in [-0.05, 0) is 73.3 Å². The van der Waals surface area contributed by atoms with Crippen LogP contribution in [0.25, 0.3) is 22.0 Å². The summed E-state index contributed by atoms with van der Waals surface area (Å²) in [5, 5.41) is 4.66. The summed E-state index contributed by atoms with van der Waals surface area (Å²) in [5.74, 6) is 1.26. The van der Waals surface area contributed by atoms with Gasteiger partial charge in [-0.2, -0.15) is 4.37 Å². The second-order valence-electron chi connectivity index (χ2n) is 9.11. The highest BCUT2D eigenvalue weighted by Crippen LogP contribution is 2.36. The van der Waals surface area contributed by atoms with E-state index in [0.29, 0.717) is 29.1 Å². The molecule has 3 aromatic rings.